The standard InChI is InChI=1S/C47H79O13P/c1-3-5-7-9-11-13-15-17-19-20-22-23-25-27-29-31-33-35-40(48)57-37-39(38-58-61(55,56)60-47-45(53)43(51)42(50)44(52)46(47)54)59-41(49)36-34-32-30-28-26-24-21-18-16-14-12-10-8-6-4-2/h11,13-14,16-19,21-23,27,29,39,42-47,50-54H,3-10,12,15,20,24-26,28,30-38H2,1-2H3,(H,55,56)/b13-11+,16-14+,19-17+,21-18+,23-22+,29-27+/t39-,42?,43-,44?,45?,46?,47?/m0/s1. The van der Waals surface area contributed by atoms with Gasteiger partial charge >= 0.3 is 19.8 Å². The lowest BCUT2D eigenvalue weighted by Crippen LogP contribution is -2.64. The molecule has 1 rings (SSSR count). The van der Waals surface area contributed by atoms with Crippen LogP contribution in [0.25, 0.3) is 0 Å². The highest BCUT2D eigenvalue weighted by Gasteiger charge is 2.51. The van der Waals surface area contributed by atoms with Crippen molar-refractivity contribution in [2.75, 3.05) is 13.2 Å². The van der Waals surface area contributed by atoms with Gasteiger partial charge in [0.05, 0.1) is 6.61 Å². The Balaban J connectivity index is 2.53. The van der Waals surface area contributed by atoms with E-state index in [1.165, 1.54) is 44.9 Å². The van der Waals surface area contributed by atoms with E-state index in [-0.39, 0.29) is 12.8 Å². The minimum Gasteiger partial charge on any atom is -0.462 e. The van der Waals surface area contributed by atoms with Crippen molar-refractivity contribution in [2.45, 2.75) is 198 Å². The molecule has 350 valence electrons. The molecule has 1 aliphatic carbocycles. The fraction of sp³-hybridized carbons (Fsp3) is 0.702. The van der Waals surface area contributed by atoms with Gasteiger partial charge < -0.3 is 39.9 Å². The number of hydrogen-bond donors (Lipinski definition) is 6. The van der Waals surface area contributed by atoms with Gasteiger partial charge in [0.1, 0.15) is 43.2 Å². The van der Waals surface area contributed by atoms with E-state index < -0.39 is 75.7 Å². The molecule has 0 spiro atoms. The Morgan fingerprint density at radius 2 is 0.951 bits per heavy atom. The molecule has 0 heterocycles. The van der Waals surface area contributed by atoms with Gasteiger partial charge in [0.25, 0.3) is 0 Å². The molecule has 13 nitrogen and oxygen atoms in total. The highest BCUT2D eigenvalue weighted by atomic mass is 31.2. The Morgan fingerprint density at radius 3 is 1.52 bits per heavy atom. The summed E-state index contributed by atoms with van der Waals surface area (Å²) in [5, 5.41) is 50.1. The first-order valence-corrected chi connectivity index (χ1v) is 24.3. The van der Waals surface area contributed by atoms with E-state index in [2.05, 4.69) is 74.6 Å². The summed E-state index contributed by atoms with van der Waals surface area (Å²) in [5.41, 5.74) is 0. The number of aliphatic hydroxyl groups is 5. The van der Waals surface area contributed by atoms with Crippen LogP contribution in [0.1, 0.15) is 155 Å². The number of hydrogen-bond acceptors (Lipinski definition) is 12. The molecular formula is C47H79O13P. The van der Waals surface area contributed by atoms with Gasteiger partial charge in [-0.3, -0.25) is 18.6 Å². The molecular weight excluding hydrogens is 803 g/mol. The SMILES string of the molecule is CCCCC/C=C/C/C=C/C/C=C/C/C=C/CCCC(=O)OC[C@@H](COP(=O)(O)OC1C(O)C(O)C(O)[C@H](O)C1O)OC(=O)CCCCCCC/C=C/C=C/CCCCCC. The number of carbonyl (C=O) groups excluding carboxylic acids is 2. The summed E-state index contributed by atoms with van der Waals surface area (Å²) in [7, 11) is -5.14. The molecule has 0 saturated heterocycles. The van der Waals surface area contributed by atoms with Gasteiger partial charge in [-0.15, -0.1) is 0 Å². The summed E-state index contributed by atoms with van der Waals surface area (Å²) in [4.78, 5) is 35.6. The predicted molar refractivity (Wildman–Crippen MR) is 239 cm³/mol. The van der Waals surface area contributed by atoms with Gasteiger partial charge in [-0.05, 0) is 77.0 Å². The second-order valence-corrected chi connectivity index (χ2v) is 17.0. The minimum absolute atomic E-state index is 0.0638. The molecule has 6 unspecified atom stereocenters. The molecule has 0 radical (unpaired) electrons. The van der Waals surface area contributed by atoms with Crippen LogP contribution in [0.3, 0.4) is 0 Å². The predicted octanol–water partition coefficient (Wildman–Crippen LogP) is 8.72. The van der Waals surface area contributed by atoms with Gasteiger partial charge in [-0.2, -0.15) is 0 Å². The smallest absolute Gasteiger partial charge is 0.462 e. The number of aliphatic hydroxyl groups excluding tert-OH is 5. The molecule has 6 N–H and O–H groups in total. The first-order chi connectivity index (χ1) is 29.4. The van der Waals surface area contributed by atoms with Crippen molar-refractivity contribution in [2.24, 2.45) is 0 Å². The average molecular weight is 883 g/mol. The van der Waals surface area contributed by atoms with E-state index in [0.717, 1.165) is 64.2 Å². The van der Waals surface area contributed by atoms with Crippen molar-refractivity contribution in [3.8, 4) is 0 Å². The maximum Gasteiger partial charge on any atom is 0.472 e. The Labute approximate surface area is 365 Å². The number of ether oxygens (including phenoxy) is 2. The van der Waals surface area contributed by atoms with Crippen LogP contribution in [0.4, 0.5) is 0 Å². The first kappa shape index (κ1) is 56.3. The van der Waals surface area contributed by atoms with Crippen LogP contribution in [0.15, 0.2) is 72.9 Å². The number of phosphoric ester groups is 1. The van der Waals surface area contributed by atoms with E-state index in [0.29, 0.717) is 19.3 Å². The molecule has 0 aliphatic heterocycles. The molecule has 1 fully saturated rings. The number of esters is 2. The van der Waals surface area contributed by atoms with Gasteiger partial charge in [0.2, 0.25) is 0 Å². The molecule has 14 heteroatoms. The van der Waals surface area contributed by atoms with Gasteiger partial charge in [0, 0.05) is 12.8 Å². The summed E-state index contributed by atoms with van der Waals surface area (Å²) in [6.07, 6.45) is 32.4. The number of carbonyl (C=O) groups is 2. The molecule has 0 aromatic rings. The second kappa shape index (κ2) is 36.7. The molecule has 1 aliphatic rings. The Hall–Kier alpha value is -2.71. The third kappa shape index (κ3) is 29.3. The summed E-state index contributed by atoms with van der Waals surface area (Å²) < 4.78 is 33.4. The Morgan fingerprint density at radius 1 is 0.525 bits per heavy atom. The lowest BCUT2D eigenvalue weighted by Gasteiger charge is -2.41. The first-order valence-electron chi connectivity index (χ1n) is 22.8. The molecule has 0 aromatic carbocycles. The molecule has 61 heavy (non-hydrogen) atoms. The zero-order chi connectivity index (χ0) is 45.0. The van der Waals surface area contributed by atoms with Crippen LogP contribution >= 0.6 is 7.82 Å². The van der Waals surface area contributed by atoms with Crippen molar-refractivity contribution in [3.05, 3.63) is 72.9 Å². The van der Waals surface area contributed by atoms with E-state index >= 15 is 0 Å². The van der Waals surface area contributed by atoms with Crippen molar-refractivity contribution >= 4 is 19.8 Å². The summed E-state index contributed by atoms with van der Waals surface area (Å²) in [6.45, 7) is 3.17. The molecule has 8 atom stereocenters. The number of phosphoric acid groups is 1. The monoisotopic (exact) mass is 883 g/mol. The van der Waals surface area contributed by atoms with Crippen molar-refractivity contribution < 1.29 is 63.1 Å². The van der Waals surface area contributed by atoms with E-state index in [4.69, 9.17) is 18.5 Å². The maximum atomic E-state index is 12.8. The lowest BCUT2D eigenvalue weighted by atomic mass is 9.85. The summed E-state index contributed by atoms with van der Waals surface area (Å²) >= 11 is 0. The minimum atomic E-state index is -5.14. The zero-order valence-corrected chi connectivity index (χ0v) is 37.8. The van der Waals surface area contributed by atoms with Crippen LogP contribution in [-0.4, -0.2) is 98.3 Å². The normalized spacial score (nSPS) is 22.7. The molecule has 0 amide bonds. The van der Waals surface area contributed by atoms with Crippen LogP contribution in [0.2, 0.25) is 0 Å². The summed E-state index contributed by atoms with van der Waals surface area (Å²) in [6, 6.07) is 0. The fourth-order valence-electron chi connectivity index (χ4n) is 6.33. The Kier molecular flexibility index (Phi) is 33.9. The molecule has 0 bridgehead atoms. The number of allylic oxidation sites excluding steroid dienone is 12. The Bertz CT molecular complexity index is 1340. The average Bonchev–Trinajstić information content (AvgIpc) is 3.24. The molecule has 1 saturated carbocycles. The van der Waals surface area contributed by atoms with Gasteiger partial charge in [-0.1, -0.05) is 138 Å². The summed E-state index contributed by atoms with van der Waals surface area (Å²) in [5.74, 6) is -1.19. The van der Waals surface area contributed by atoms with E-state index in [1.807, 2.05) is 12.2 Å². The van der Waals surface area contributed by atoms with Gasteiger partial charge in [0.15, 0.2) is 6.10 Å². The lowest BCUT2D eigenvalue weighted by molar-refractivity contribution is -0.220. The van der Waals surface area contributed by atoms with Crippen LogP contribution in [0.5, 0.6) is 0 Å². The van der Waals surface area contributed by atoms with Crippen LogP contribution in [-0.2, 0) is 32.7 Å². The highest BCUT2D eigenvalue weighted by Crippen LogP contribution is 2.47. The fourth-order valence-corrected chi connectivity index (χ4v) is 7.30. The van der Waals surface area contributed by atoms with Crippen LogP contribution in [0, 0.1) is 0 Å². The number of rotatable bonds is 36. The van der Waals surface area contributed by atoms with E-state index in [9.17, 15) is 44.6 Å². The van der Waals surface area contributed by atoms with Crippen molar-refractivity contribution in [3.63, 3.8) is 0 Å². The second-order valence-electron chi connectivity index (χ2n) is 15.6. The van der Waals surface area contributed by atoms with Crippen molar-refractivity contribution in [1.82, 2.24) is 0 Å². The maximum absolute atomic E-state index is 12.8. The quantitative estimate of drug-likeness (QED) is 0.0115. The van der Waals surface area contributed by atoms with Crippen molar-refractivity contribution in [1.29, 1.82) is 0 Å². The van der Waals surface area contributed by atoms with E-state index in [1.54, 1.807) is 0 Å². The van der Waals surface area contributed by atoms with Crippen LogP contribution < -0.4 is 0 Å². The largest absolute Gasteiger partial charge is 0.472 e. The molecule has 0 aromatic heterocycles. The topological polar surface area (TPSA) is 210 Å². The van der Waals surface area contributed by atoms with Gasteiger partial charge in [-0.25, -0.2) is 4.57 Å². The third-order valence-corrected chi connectivity index (χ3v) is 11.0. The number of unbranched alkanes of at least 4 members (excludes halogenated alkanes) is 13. The third-order valence-electron chi connectivity index (χ3n) is 10.0. The highest BCUT2D eigenvalue weighted by molar-refractivity contribution is 7.47. The zero-order valence-electron chi connectivity index (χ0n) is 36.9.